The van der Waals surface area contributed by atoms with Gasteiger partial charge in [0.15, 0.2) is 0 Å². The van der Waals surface area contributed by atoms with E-state index in [9.17, 15) is 0 Å². The van der Waals surface area contributed by atoms with Crippen LogP contribution in [0.5, 0.6) is 0 Å². The summed E-state index contributed by atoms with van der Waals surface area (Å²) >= 11 is 0. The maximum Gasteiger partial charge on any atom is 0.0831 e. The molecule has 11 heavy (non-hydrogen) atoms. The summed E-state index contributed by atoms with van der Waals surface area (Å²) in [6.45, 7) is 4.52. The molecule has 0 aromatic rings. The number of likely N-dealkylation sites (N-methyl/N-ethyl adjacent to an activating group) is 1. The molecule has 1 aliphatic heterocycles. The van der Waals surface area contributed by atoms with Crippen molar-refractivity contribution in [2.45, 2.75) is 25.5 Å². The third-order valence-corrected chi connectivity index (χ3v) is 1.96. The fourth-order valence-corrected chi connectivity index (χ4v) is 1.01. The first-order chi connectivity index (χ1) is 5.33. The molecule has 1 N–H and O–H groups in total. The molecule has 1 rings (SSSR count). The zero-order chi connectivity index (χ0) is 8.10. The molecule has 1 fully saturated rings. The van der Waals surface area contributed by atoms with E-state index in [1.54, 1.807) is 0 Å². The normalized spacial score (nSPS) is 27.3. The second-order valence-corrected chi connectivity index (χ2v) is 3.01. The first-order valence-corrected chi connectivity index (χ1v) is 4.19. The van der Waals surface area contributed by atoms with Crippen molar-refractivity contribution in [3.05, 3.63) is 0 Å². The highest BCUT2D eigenvalue weighted by Gasteiger charge is 2.16. The van der Waals surface area contributed by atoms with Gasteiger partial charge in [-0.1, -0.05) is 0 Å². The van der Waals surface area contributed by atoms with Gasteiger partial charge < -0.3 is 14.8 Å². The molecule has 0 spiro atoms. The van der Waals surface area contributed by atoms with E-state index in [0.29, 0.717) is 12.1 Å². The highest BCUT2D eigenvalue weighted by atomic mass is 16.5. The predicted octanol–water partition coefficient (Wildman–Crippen LogP) is 0.400. The molecule has 3 nitrogen and oxygen atoms in total. The van der Waals surface area contributed by atoms with Crippen LogP contribution in [0.2, 0.25) is 0 Å². The fourth-order valence-electron chi connectivity index (χ4n) is 1.01. The SMILES string of the molecule is CNC(C)COC1CCOC1. The van der Waals surface area contributed by atoms with Crippen LogP contribution in [0, 0.1) is 0 Å². The minimum absolute atomic E-state index is 0.339. The number of hydrogen-bond acceptors (Lipinski definition) is 3. The molecule has 0 amide bonds. The summed E-state index contributed by atoms with van der Waals surface area (Å²) in [5, 5.41) is 3.12. The zero-order valence-electron chi connectivity index (χ0n) is 7.30. The fraction of sp³-hybridized carbons (Fsp3) is 1.00. The van der Waals surface area contributed by atoms with Crippen molar-refractivity contribution < 1.29 is 9.47 Å². The Morgan fingerprint density at radius 1 is 1.73 bits per heavy atom. The van der Waals surface area contributed by atoms with Gasteiger partial charge in [-0.2, -0.15) is 0 Å². The average molecular weight is 159 g/mol. The van der Waals surface area contributed by atoms with Crippen LogP contribution >= 0.6 is 0 Å². The highest BCUT2D eigenvalue weighted by molar-refractivity contribution is 4.64. The Morgan fingerprint density at radius 3 is 3.09 bits per heavy atom. The molecule has 1 aliphatic rings. The Balaban J connectivity index is 2.01. The van der Waals surface area contributed by atoms with Crippen molar-refractivity contribution >= 4 is 0 Å². The van der Waals surface area contributed by atoms with E-state index < -0.39 is 0 Å². The molecule has 0 bridgehead atoms. The van der Waals surface area contributed by atoms with Crippen LogP contribution in [-0.4, -0.2) is 39.0 Å². The quantitative estimate of drug-likeness (QED) is 0.644. The van der Waals surface area contributed by atoms with Crippen molar-refractivity contribution in [1.29, 1.82) is 0 Å². The number of rotatable bonds is 4. The van der Waals surface area contributed by atoms with Gasteiger partial charge in [0.2, 0.25) is 0 Å². The van der Waals surface area contributed by atoms with E-state index in [1.165, 1.54) is 0 Å². The molecule has 3 heteroatoms. The van der Waals surface area contributed by atoms with E-state index in [0.717, 1.165) is 26.2 Å². The lowest BCUT2D eigenvalue weighted by atomic mass is 10.3. The van der Waals surface area contributed by atoms with Crippen molar-refractivity contribution in [3.8, 4) is 0 Å². The Bertz CT molecular complexity index is 102. The third kappa shape index (κ3) is 3.18. The van der Waals surface area contributed by atoms with Gasteiger partial charge in [-0.05, 0) is 20.4 Å². The van der Waals surface area contributed by atoms with E-state index in [2.05, 4.69) is 12.2 Å². The summed E-state index contributed by atoms with van der Waals surface area (Å²) in [4.78, 5) is 0. The molecular weight excluding hydrogens is 142 g/mol. The van der Waals surface area contributed by atoms with Crippen LogP contribution in [-0.2, 0) is 9.47 Å². The van der Waals surface area contributed by atoms with Crippen LogP contribution in [0.15, 0.2) is 0 Å². The van der Waals surface area contributed by atoms with Gasteiger partial charge in [-0.3, -0.25) is 0 Å². The number of hydrogen-bond donors (Lipinski definition) is 1. The van der Waals surface area contributed by atoms with Crippen LogP contribution in [0.3, 0.4) is 0 Å². The summed E-state index contributed by atoms with van der Waals surface area (Å²) in [6.07, 6.45) is 1.39. The summed E-state index contributed by atoms with van der Waals surface area (Å²) in [6, 6.07) is 0.440. The second-order valence-electron chi connectivity index (χ2n) is 3.01. The van der Waals surface area contributed by atoms with E-state index >= 15 is 0 Å². The van der Waals surface area contributed by atoms with Crippen molar-refractivity contribution in [3.63, 3.8) is 0 Å². The first-order valence-electron chi connectivity index (χ1n) is 4.19. The number of nitrogens with one attached hydrogen (secondary N) is 1. The van der Waals surface area contributed by atoms with Crippen molar-refractivity contribution in [2.75, 3.05) is 26.9 Å². The summed E-state index contributed by atoms with van der Waals surface area (Å²) in [7, 11) is 1.94. The molecule has 2 unspecified atom stereocenters. The minimum atomic E-state index is 0.339. The molecule has 0 aromatic heterocycles. The van der Waals surface area contributed by atoms with Crippen LogP contribution in [0.25, 0.3) is 0 Å². The van der Waals surface area contributed by atoms with Crippen LogP contribution < -0.4 is 5.32 Å². The minimum Gasteiger partial charge on any atom is -0.379 e. The lowest BCUT2D eigenvalue weighted by molar-refractivity contribution is 0.0335. The monoisotopic (exact) mass is 159 g/mol. The topological polar surface area (TPSA) is 30.5 Å². The Morgan fingerprint density at radius 2 is 2.55 bits per heavy atom. The maximum absolute atomic E-state index is 5.57. The van der Waals surface area contributed by atoms with Gasteiger partial charge in [-0.15, -0.1) is 0 Å². The molecule has 0 aromatic carbocycles. The molecule has 0 saturated carbocycles. The zero-order valence-corrected chi connectivity index (χ0v) is 7.30. The number of ether oxygens (including phenoxy) is 2. The Labute approximate surface area is 68.1 Å². The molecular formula is C8H17NO2. The smallest absolute Gasteiger partial charge is 0.0831 e. The predicted molar refractivity (Wildman–Crippen MR) is 43.7 cm³/mol. The standard InChI is InChI=1S/C8H17NO2/c1-7(9-2)5-11-8-3-4-10-6-8/h7-9H,3-6H2,1-2H3. The third-order valence-electron chi connectivity index (χ3n) is 1.96. The highest BCUT2D eigenvalue weighted by Crippen LogP contribution is 2.07. The Hall–Kier alpha value is -0.120. The second kappa shape index (κ2) is 4.70. The molecule has 1 saturated heterocycles. The van der Waals surface area contributed by atoms with Crippen LogP contribution in [0.4, 0.5) is 0 Å². The summed E-state index contributed by atoms with van der Waals surface area (Å²) in [5.41, 5.74) is 0. The van der Waals surface area contributed by atoms with Gasteiger partial charge in [0.25, 0.3) is 0 Å². The molecule has 0 radical (unpaired) electrons. The molecule has 2 atom stereocenters. The van der Waals surface area contributed by atoms with Gasteiger partial charge in [0.1, 0.15) is 0 Å². The van der Waals surface area contributed by atoms with E-state index in [-0.39, 0.29) is 0 Å². The van der Waals surface area contributed by atoms with Gasteiger partial charge >= 0.3 is 0 Å². The first kappa shape index (κ1) is 8.97. The van der Waals surface area contributed by atoms with Gasteiger partial charge in [0.05, 0.1) is 19.3 Å². The molecule has 0 aliphatic carbocycles. The lowest BCUT2D eigenvalue weighted by Gasteiger charge is -2.14. The molecule has 66 valence electrons. The Kier molecular flexibility index (Phi) is 3.83. The van der Waals surface area contributed by atoms with E-state index in [4.69, 9.17) is 9.47 Å². The maximum atomic E-state index is 5.57. The lowest BCUT2D eigenvalue weighted by Crippen LogP contribution is -2.29. The van der Waals surface area contributed by atoms with E-state index in [1.807, 2.05) is 7.05 Å². The largest absolute Gasteiger partial charge is 0.379 e. The molecule has 1 heterocycles. The summed E-state index contributed by atoms with van der Waals surface area (Å²) in [5.74, 6) is 0. The van der Waals surface area contributed by atoms with Crippen molar-refractivity contribution in [2.24, 2.45) is 0 Å². The van der Waals surface area contributed by atoms with Gasteiger partial charge in [0, 0.05) is 12.6 Å². The van der Waals surface area contributed by atoms with Crippen molar-refractivity contribution in [1.82, 2.24) is 5.32 Å². The van der Waals surface area contributed by atoms with Gasteiger partial charge in [-0.25, -0.2) is 0 Å². The summed E-state index contributed by atoms with van der Waals surface area (Å²) < 4.78 is 10.7. The van der Waals surface area contributed by atoms with Crippen LogP contribution in [0.1, 0.15) is 13.3 Å². The average Bonchev–Trinajstić information content (AvgIpc) is 2.52.